The van der Waals surface area contributed by atoms with Crippen LogP contribution in [0, 0.1) is 17.6 Å². The van der Waals surface area contributed by atoms with Crippen LogP contribution in [0.5, 0.6) is 5.88 Å². The van der Waals surface area contributed by atoms with Crippen molar-refractivity contribution < 1.29 is 44.3 Å². The summed E-state index contributed by atoms with van der Waals surface area (Å²) in [6, 6.07) is 7.95. The summed E-state index contributed by atoms with van der Waals surface area (Å²) in [5, 5.41) is 10.6. The number of methoxy groups -OCH3 is 1. The second kappa shape index (κ2) is 15.0. The first-order chi connectivity index (χ1) is 29.8. The quantitative estimate of drug-likeness (QED) is 0.139. The molecule has 9 rings (SSSR count). The zero-order valence-electron chi connectivity index (χ0n) is 32.7. The summed E-state index contributed by atoms with van der Waals surface area (Å²) in [4.78, 5) is 46.9. The first kappa shape index (κ1) is 41.7. The number of ether oxygens (including phenoxy) is 1. The molecule has 2 aliphatic rings. The third-order valence-electron chi connectivity index (χ3n) is 10.7. The van der Waals surface area contributed by atoms with Crippen LogP contribution >= 0.6 is 11.6 Å². The Morgan fingerprint density at radius 2 is 1.79 bits per heavy atom. The van der Waals surface area contributed by atoms with E-state index in [0.717, 1.165) is 23.0 Å². The SMILES string of the molecule is COc1ccnc(-c2ccc3c(=O)n(-c4ccc(Cl)c5c(NS(C)(=O)=O)nn(C)c45)c([C@H](Cc4cc(F)cc(F)c4)NC(=O)Cn4nc(C(F)F)c5c4C(F)(F)[C@@H]4C[C@H]54)nc3n2)n1. The molecule has 1 saturated carbocycles. The lowest BCUT2D eigenvalue weighted by molar-refractivity contribution is -0.123. The van der Waals surface area contributed by atoms with Crippen LogP contribution in [0.4, 0.5) is 32.2 Å². The van der Waals surface area contributed by atoms with Crippen molar-refractivity contribution in [3.8, 4) is 23.1 Å². The minimum absolute atomic E-state index is 0.00499. The van der Waals surface area contributed by atoms with E-state index in [1.807, 2.05) is 0 Å². The average molecular weight is 914 g/mol. The Kier molecular flexibility index (Phi) is 9.95. The number of alkyl halides is 4. The first-order valence-electron chi connectivity index (χ1n) is 18.8. The van der Waals surface area contributed by atoms with E-state index in [2.05, 4.69) is 35.2 Å². The van der Waals surface area contributed by atoms with Crippen molar-refractivity contribution in [2.75, 3.05) is 18.1 Å². The Labute approximate surface area is 356 Å². The normalized spacial score (nSPS) is 16.9. The number of benzene rings is 2. The van der Waals surface area contributed by atoms with Crippen LogP contribution < -0.4 is 20.3 Å². The molecular weight excluding hydrogens is 884 g/mol. The van der Waals surface area contributed by atoms with Crippen LogP contribution in [0.25, 0.3) is 39.1 Å². The van der Waals surface area contributed by atoms with Crippen LogP contribution in [0.2, 0.25) is 5.02 Å². The van der Waals surface area contributed by atoms with Crippen LogP contribution in [0.1, 0.15) is 53.1 Å². The standard InChI is InChI=1S/C39H30ClF6N11O5S/c1-55-31-25(7-5-22(40)29(31)36(53-55)54-63(3,60)61)57-37(51-34-19(38(57)59)4-6-23(49-34)35-47-9-8-27(50-35)62-2)24(12-16-10-17(41)13-18(42)11-16)48-26(58)15-56-32-28(30(52-56)33(43)44)20-14-21(20)39(32,45)46/h4-11,13,20-21,24,33H,12,14-15H2,1-3H3,(H,48,58)(H,53,54)/t20-,21+,24-/m0/s1. The maximum atomic E-state index is 15.5. The van der Waals surface area contributed by atoms with E-state index in [9.17, 15) is 35.6 Å². The van der Waals surface area contributed by atoms with Crippen molar-refractivity contribution in [1.29, 1.82) is 0 Å². The van der Waals surface area contributed by atoms with Gasteiger partial charge in [0.15, 0.2) is 17.3 Å². The van der Waals surface area contributed by atoms with E-state index in [1.165, 1.54) is 55.4 Å². The molecule has 0 radical (unpaired) electrons. The van der Waals surface area contributed by atoms with Gasteiger partial charge < -0.3 is 10.1 Å². The van der Waals surface area contributed by atoms with Gasteiger partial charge in [0, 0.05) is 43.3 Å². The molecule has 24 heteroatoms. The lowest BCUT2D eigenvalue weighted by Crippen LogP contribution is -2.38. The molecule has 2 aliphatic carbocycles. The van der Waals surface area contributed by atoms with Gasteiger partial charge in [0.1, 0.15) is 41.1 Å². The van der Waals surface area contributed by atoms with Gasteiger partial charge in [-0.3, -0.25) is 28.2 Å². The first-order valence-corrected chi connectivity index (χ1v) is 21.1. The van der Waals surface area contributed by atoms with Crippen molar-refractivity contribution in [3.05, 3.63) is 110 Å². The number of aromatic nitrogens is 9. The summed E-state index contributed by atoms with van der Waals surface area (Å²) >= 11 is 6.62. The lowest BCUT2D eigenvalue weighted by atomic mass is 10.0. The van der Waals surface area contributed by atoms with Gasteiger partial charge in [-0.1, -0.05) is 11.6 Å². The molecule has 0 unspecified atom stereocenters. The smallest absolute Gasteiger partial charge is 0.293 e. The van der Waals surface area contributed by atoms with Crippen molar-refractivity contribution in [1.82, 2.24) is 49.4 Å². The number of amides is 1. The largest absolute Gasteiger partial charge is 0.481 e. The molecule has 0 aliphatic heterocycles. The highest BCUT2D eigenvalue weighted by Gasteiger charge is 2.67. The number of nitrogens with one attached hydrogen (secondary N) is 2. The highest BCUT2D eigenvalue weighted by atomic mass is 35.5. The topological polar surface area (TPSA) is 194 Å². The number of nitrogens with zero attached hydrogens (tertiary/aromatic N) is 9. The number of hydrogen-bond donors (Lipinski definition) is 2. The fourth-order valence-corrected chi connectivity index (χ4v) is 8.90. The summed E-state index contributed by atoms with van der Waals surface area (Å²) in [5.74, 6) is -9.05. The summed E-state index contributed by atoms with van der Waals surface area (Å²) in [7, 11) is -1.11. The van der Waals surface area contributed by atoms with Gasteiger partial charge in [-0.2, -0.15) is 24.0 Å². The predicted octanol–water partition coefficient (Wildman–Crippen LogP) is 5.88. The molecule has 326 valence electrons. The van der Waals surface area contributed by atoms with Crippen molar-refractivity contribution in [2.45, 2.75) is 43.7 Å². The number of carbonyl (C=O) groups is 1. The molecule has 5 heterocycles. The molecule has 1 amide bonds. The Hall–Kier alpha value is -6.62. The highest BCUT2D eigenvalue weighted by Crippen LogP contribution is 2.68. The van der Waals surface area contributed by atoms with Gasteiger partial charge in [0.05, 0.1) is 46.4 Å². The summed E-state index contributed by atoms with van der Waals surface area (Å²) < 4.78 is 124. The number of pyridine rings is 1. The van der Waals surface area contributed by atoms with Gasteiger partial charge in [-0.15, -0.1) is 0 Å². The van der Waals surface area contributed by atoms with Gasteiger partial charge in [0.2, 0.25) is 21.8 Å². The molecule has 16 nitrogen and oxygen atoms in total. The van der Waals surface area contributed by atoms with Gasteiger partial charge in [-0.25, -0.2) is 40.9 Å². The Morgan fingerprint density at radius 3 is 2.49 bits per heavy atom. The molecule has 1 fully saturated rings. The van der Waals surface area contributed by atoms with E-state index in [1.54, 1.807) is 0 Å². The Bertz CT molecular complexity index is 3220. The predicted molar refractivity (Wildman–Crippen MR) is 213 cm³/mol. The fraction of sp³-hybridized carbons (Fsp3) is 0.282. The number of aryl methyl sites for hydroxylation is 1. The van der Waals surface area contributed by atoms with Crippen LogP contribution in [0.3, 0.4) is 0 Å². The fourth-order valence-electron chi connectivity index (χ4n) is 8.16. The van der Waals surface area contributed by atoms with E-state index in [-0.39, 0.29) is 79.2 Å². The molecule has 5 aromatic heterocycles. The van der Waals surface area contributed by atoms with Gasteiger partial charge in [0.25, 0.3) is 17.9 Å². The van der Waals surface area contributed by atoms with Gasteiger partial charge >= 0.3 is 0 Å². The van der Waals surface area contributed by atoms with E-state index >= 15 is 8.78 Å². The minimum atomic E-state index is -3.93. The van der Waals surface area contributed by atoms with E-state index in [0.29, 0.717) is 10.7 Å². The van der Waals surface area contributed by atoms with Crippen LogP contribution in [-0.4, -0.2) is 71.8 Å². The molecule has 0 spiro atoms. The van der Waals surface area contributed by atoms with Crippen molar-refractivity contribution in [2.24, 2.45) is 13.0 Å². The van der Waals surface area contributed by atoms with Crippen molar-refractivity contribution >= 4 is 55.3 Å². The summed E-state index contributed by atoms with van der Waals surface area (Å²) in [5.41, 5.74) is -2.97. The second-order valence-corrected chi connectivity index (χ2v) is 17.2. The van der Waals surface area contributed by atoms with Crippen LogP contribution in [0.15, 0.2) is 59.5 Å². The number of sulfonamides is 1. The second-order valence-electron chi connectivity index (χ2n) is 15.0. The molecule has 2 aromatic carbocycles. The summed E-state index contributed by atoms with van der Waals surface area (Å²) in [6.45, 7) is -1.01. The Balaban J connectivity index is 1.26. The monoisotopic (exact) mass is 913 g/mol. The molecule has 0 bridgehead atoms. The highest BCUT2D eigenvalue weighted by molar-refractivity contribution is 7.92. The lowest BCUT2D eigenvalue weighted by Gasteiger charge is -2.24. The van der Waals surface area contributed by atoms with Gasteiger partial charge in [-0.05, 0) is 54.3 Å². The number of halogens is 7. The molecule has 3 atom stereocenters. The number of hydrogen-bond acceptors (Lipinski definition) is 11. The zero-order chi connectivity index (χ0) is 44.9. The molecule has 63 heavy (non-hydrogen) atoms. The molecular formula is C39H30ClF6N11O5S. The van der Waals surface area contributed by atoms with E-state index in [4.69, 9.17) is 21.3 Å². The number of rotatable bonds is 12. The number of anilines is 1. The number of fused-ring (bicyclic) bond motifs is 5. The maximum absolute atomic E-state index is 15.5. The van der Waals surface area contributed by atoms with E-state index < -0.39 is 87.7 Å². The molecule has 7 aromatic rings. The minimum Gasteiger partial charge on any atom is -0.481 e. The third kappa shape index (κ3) is 7.36. The van der Waals surface area contributed by atoms with Crippen molar-refractivity contribution in [3.63, 3.8) is 0 Å². The van der Waals surface area contributed by atoms with Crippen LogP contribution in [-0.2, 0) is 40.8 Å². The zero-order valence-corrected chi connectivity index (χ0v) is 34.3. The third-order valence-corrected chi connectivity index (χ3v) is 11.6. The average Bonchev–Trinajstić information content (AvgIpc) is 3.75. The maximum Gasteiger partial charge on any atom is 0.293 e. The Morgan fingerprint density at radius 1 is 1.05 bits per heavy atom. The summed E-state index contributed by atoms with van der Waals surface area (Å²) in [6.07, 6.45) is -1.47. The molecule has 0 saturated heterocycles. The molecule has 2 N–H and O–H groups in total. The number of carbonyl (C=O) groups excluding carboxylic acids is 1.